The van der Waals surface area contributed by atoms with E-state index >= 15 is 0 Å². The largest absolute Gasteiger partial charge is 0.346 e. The van der Waals surface area contributed by atoms with Crippen LogP contribution >= 0.6 is 10.7 Å². The minimum absolute atomic E-state index is 0.0702. The number of benzene rings is 1. The molecule has 0 saturated heterocycles. The molecule has 19 heavy (non-hydrogen) atoms. The monoisotopic (exact) mass is 303 g/mol. The van der Waals surface area contributed by atoms with Crippen LogP contribution in [0.3, 0.4) is 0 Å². The highest BCUT2D eigenvalue weighted by Crippen LogP contribution is 2.30. The van der Waals surface area contributed by atoms with E-state index in [4.69, 9.17) is 10.7 Å². The van der Waals surface area contributed by atoms with Gasteiger partial charge in [-0.15, -0.1) is 0 Å². The van der Waals surface area contributed by atoms with Gasteiger partial charge >= 0.3 is 0 Å². The van der Waals surface area contributed by atoms with Crippen molar-refractivity contribution in [2.45, 2.75) is 31.7 Å². The maximum atomic E-state index is 13.9. The lowest BCUT2D eigenvalue weighted by Gasteiger charge is -2.10. The lowest BCUT2D eigenvalue weighted by molar-refractivity contribution is 0.476. The van der Waals surface area contributed by atoms with Crippen LogP contribution in [0.4, 0.5) is 4.39 Å². The SMILES string of the molecule is CCC(C)Cn1cc(S(=O)(=O)Cl)c2c(F)cccc21. The van der Waals surface area contributed by atoms with Crippen molar-refractivity contribution in [2.75, 3.05) is 0 Å². The van der Waals surface area contributed by atoms with Crippen LogP contribution in [0.15, 0.2) is 29.3 Å². The minimum atomic E-state index is -3.96. The van der Waals surface area contributed by atoms with Gasteiger partial charge in [0.2, 0.25) is 0 Å². The van der Waals surface area contributed by atoms with Crippen LogP contribution in [0.1, 0.15) is 20.3 Å². The van der Waals surface area contributed by atoms with Gasteiger partial charge in [0.1, 0.15) is 10.7 Å². The van der Waals surface area contributed by atoms with Crippen molar-refractivity contribution in [1.82, 2.24) is 4.57 Å². The molecule has 0 fully saturated rings. The molecule has 0 spiro atoms. The van der Waals surface area contributed by atoms with E-state index in [0.717, 1.165) is 6.42 Å². The van der Waals surface area contributed by atoms with E-state index in [9.17, 15) is 12.8 Å². The topological polar surface area (TPSA) is 39.1 Å². The Morgan fingerprint density at radius 3 is 2.68 bits per heavy atom. The molecule has 0 amide bonds. The summed E-state index contributed by atoms with van der Waals surface area (Å²) in [6, 6.07) is 4.50. The predicted octanol–water partition coefficient (Wildman–Crippen LogP) is 3.75. The first-order chi connectivity index (χ1) is 8.84. The van der Waals surface area contributed by atoms with Gasteiger partial charge in [-0.3, -0.25) is 0 Å². The lowest BCUT2D eigenvalue weighted by Crippen LogP contribution is -2.05. The second-order valence-corrected chi connectivity index (χ2v) is 7.27. The number of rotatable bonds is 4. The predicted molar refractivity (Wildman–Crippen MR) is 74.4 cm³/mol. The highest BCUT2D eigenvalue weighted by molar-refractivity contribution is 8.14. The summed E-state index contributed by atoms with van der Waals surface area (Å²) in [5, 5.41) is 0.0702. The van der Waals surface area contributed by atoms with E-state index in [1.165, 1.54) is 12.3 Å². The van der Waals surface area contributed by atoms with Gasteiger partial charge in [0.05, 0.1) is 10.9 Å². The number of halogens is 2. The molecule has 1 heterocycles. The molecule has 0 aliphatic heterocycles. The summed E-state index contributed by atoms with van der Waals surface area (Å²) in [6.07, 6.45) is 2.38. The Hall–Kier alpha value is -1.07. The van der Waals surface area contributed by atoms with Gasteiger partial charge in [-0.25, -0.2) is 12.8 Å². The number of fused-ring (bicyclic) bond motifs is 1. The molecular formula is C13H15ClFNO2S. The van der Waals surface area contributed by atoms with Crippen LogP contribution in [0, 0.1) is 11.7 Å². The zero-order valence-electron chi connectivity index (χ0n) is 10.7. The van der Waals surface area contributed by atoms with Crippen molar-refractivity contribution in [3.63, 3.8) is 0 Å². The second-order valence-electron chi connectivity index (χ2n) is 4.73. The molecule has 104 valence electrons. The summed E-state index contributed by atoms with van der Waals surface area (Å²) in [7, 11) is 1.42. The lowest BCUT2D eigenvalue weighted by atomic mass is 10.1. The van der Waals surface area contributed by atoms with Gasteiger partial charge in [0, 0.05) is 23.4 Å². The van der Waals surface area contributed by atoms with Crippen molar-refractivity contribution >= 4 is 30.6 Å². The van der Waals surface area contributed by atoms with E-state index in [1.54, 1.807) is 16.7 Å². The maximum absolute atomic E-state index is 13.9. The molecule has 2 aromatic rings. The summed E-state index contributed by atoms with van der Waals surface area (Å²) in [4.78, 5) is -0.162. The Labute approximate surface area is 116 Å². The van der Waals surface area contributed by atoms with Gasteiger partial charge in [0.25, 0.3) is 9.05 Å². The zero-order chi connectivity index (χ0) is 14.2. The molecule has 3 nitrogen and oxygen atoms in total. The van der Waals surface area contributed by atoms with Crippen molar-refractivity contribution in [3.05, 3.63) is 30.2 Å². The van der Waals surface area contributed by atoms with Gasteiger partial charge < -0.3 is 4.57 Å². The van der Waals surface area contributed by atoms with Crippen LogP contribution in [-0.2, 0) is 15.6 Å². The van der Waals surface area contributed by atoms with E-state index < -0.39 is 14.9 Å². The molecule has 1 aromatic carbocycles. The molecule has 0 aliphatic rings. The molecule has 2 rings (SSSR count). The van der Waals surface area contributed by atoms with Crippen LogP contribution < -0.4 is 0 Å². The number of nitrogens with zero attached hydrogens (tertiary/aromatic N) is 1. The molecule has 1 unspecified atom stereocenters. The van der Waals surface area contributed by atoms with Gasteiger partial charge in [0.15, 0.2) is 0 Å². The molecule has 1 aromatic heterocycles. The van der Waals surface area contributed by atoms with E-state index in [-0.39, 0.29) is 10.3 Å². The molecular weight excluding hydrogens is 289 g/mol. The van der Waals surface area contributed by atoms with Crippen LogP contribution in [0.5, 0.6) is 0 Å². The fourth-order valence-electron chi connectivity index (χ4n) is 2.07. The average Bonchev–Trinajstić information content (AvgIpc) is 2.69. The molecule has 0 bridgehead atoms. The van der Waals surface area contributed by atoms with Crippen LogP contribution in [0.2, 0.25) is 0 Å². The summed E-state index contributed by atoms with van der Waals surface area (Å²) in [5.74, 6) is -0.204. The van der Waals surface area contributed by atoms with Crippen molar-refractivity contribution in [2.24, 2.45) is 5.92 Å². The van der Waals surface area contributed by atoms with E-state index in [1.807, 2.05) is 0 Å². The number of hydrogen-bond acceptors (Lipinski definition) is 2. The molecule has 0 aliphatic carbocycles. The minimum Gasteiger partial charge on any atom is -0.346 e. The third kappa shape index (κ3) is 2.77. The van der Waals surface area contributed by atoms with E-state index in [2.05, 4.69) is 13.8 Å². The van der Waals surface area contributed by atoms with Crippen molar-refractivity contribution in [3.8, 4) is 0 Å². The Kier molecular flexibility index (Phi) is 3.87. The molecule has 1 atom stereocenters. The highest BCUT2D eigenvalue weighted by atomic mass is 35.7. The Morgan fingerprint density at radius 1 is 1.42 bits per heavy atom. The first-order valence-corrected chi connectivity index (χ1v) is 8.37. The standard InChI is InChI=1S/C13H15ClFNO2S/c1-3-9(2)7-16-8-12(19(14,17)18)13-10(15)5-4-6-11(13)16/h4-6,8-9H,3,7H2,1-2H3. The number of aromatic nitrogens is 1. The summed E-state index contributed by atoms with van der Waals surface area (Å²) >= 11 is 0. The summed E-state index contributed by atoms with van der Waals surface area (Å²) in [5.41, 5.74) is 0.555. The van der Waals surface area contributed by atoms with Crippen molar-refractivity contribution < 1.29 is 12.8 Å². The third-order valence-corrected chi connectivity index (χ3v) is 4.62. The third-order valence-electron chi connectivity index (χ3n) is 3.29. The smallest absolute Gasteiger partial charge is 0.263 e. The Bertz CT molecular complexity index is 709. The van der Waals surface area contributed by atoms with Crippen LogP contribution in [0.25, 0.3) is 10.9 Å². The fraction of sp³-hybridized carbons (Fsp3) is 0.385. The Balaban J connectivity index is 2.71. The highest BCUT2D eigenvalue weighted by Gasteiger charge is 2.21. The summed E-state index contributed by atoms with van der Waals surface area (Å²) in [6.45, 7) is 4.74. The quantitative estimate of drug-likeness (QED) is 0.807. The van der Waals surface area contributed by atoms with Crippen molar-refractivity contribution in [1.29, 1.82) is 0 Å². The second kappa shape index (κ2) is 5.13. The fourth-order valence-corrected chi connectivity index (χ4v) is 3.12. The number of hydrogen-bond donors (Lipinski definition) is 0. The van der Waals surface area contributed by atoms with Crippen LogP contribution in [-0.4, -0.2) is 13.0 Å². The molecule has 0 saturated carbocycles. The zero-order valence-corrected chi connectivity index (χ0v) is 12.3. The Morgan fingerprint density at radius 2 is 2.11 bits per heavy atom. The molecule has 6 heteroatoms. The normalized spacial score (nSPS) is 13.9. The maximum Gasteiger partial charge on any atom is 0.263 e. The molecule has 0 N–H and O–H groups in total. The van der Waals surface area contributed by atoms with Gasteiger partial charge in [-0.05, 0) is 18.1 Å². The first-order valence-electron chi connectivity index (χ1n) is 6.06. The van der Waals surface area contributed by atoms with Gasteiger partial charge in [-0.1, -0.05) is 26.3 Å². The average molecular weight is 304 g/mol. The first kappa shape index (κ1) is 14.3. The molecule has 0 radical (unpaired) electrons. The summed E-state index contributed by atoms with van der Waals surface area (Å²) < 4.78 is 38.7. The van der Waals surface area contributed by atoms with Gasteiger partial charge in [-0.2, -0.15) is 0 Å². The van der Waals surface area contributed by atoms with E-state index in [0.29, 0.717) is 18.0 Å².